The van der Waals surface area contributed by atoms with Crippen molar-refractivity contribution in [2.24, 2.45) is 40.9 Å². The molecule has 0 radical (unpaired) electrons. The van der Waals surface area contributed by atoms with Crippen LogP contribution in [-0.2, 0) is 0 Å². The van der Waals surface area contributed by atoms with E-state index in [1.165, 1.54) is 51.4 Å². The smallest absolute Gasteiger partial charge is 0.0264 e. The lowest BCUT2D eigenvalue weighted by atomic mass is 9.56. The molecule has 0 spiro atoms. The van der Waals surface area contributed by atoms with Crippen molar-refractivity contribution in [3.8, 4) is 0 Å². The van der Waals surface area contributed by atoms with E-state index in [1.807, 2.05) is 0 Å². The summed E-state index contributed by atoms with van der Waals surface area (Å²) in [6, 6.07) is 0. The van der Waals surface area contributed by atoms with Gasteiger partial charge in [0.15, 0.2) is 0 Å². The Balaban J connectivity index is 1.99. The first-order chi connectivity index (χ1) is 9.90. The number of rotatable bonds is 6. The van der Waals surface area contributed by atoms with E-state index in [0.29, 0.717) is 5.41 Å². The van der Waals surface area contributed by atoms with E-state index in [4.69, 9.17) is 0 Å². The summed E-state index contributed by atoms with van der Waals surface area (Å²) in [7, 11) is 0. The van der Waals surface area contributed by atoms with E-state index < -0.39 is 0 Å². The van der Waals surface area contributed by atoms with Crippen molar-refractivity contribution in [3.63, 3.8) is 0 Å². The zero-order chi connectivity index (χ0) is 15.6. The van der Waals surface area contributed by atoms with Crippen molar-refractivity contribution in [1.29, 1.82) is 0 Å². The second-order valence-electron chi connectivity index (χ2n) is 9.19. The zero-order valence-corrected chi connectivity index (χ0v) is 15.6. The summed E-state index contributed by atoms with van der Waals surface area (Å²) in [5.74, 6) is 5.86. The minimum absolute atomic E-state index is 0.671. The van der Waals surface area contributed by atoms with Crippen LogP contribution in [0.5, 0.6) is 0 Å². The van der Waals surface area contributed by atoms with E-state index in [-0.39, 0.29) is 0 Å². The SMILES string of the molecule is CCC1C(C)CCC2(C)C(C(C)CCCC(C)C)CCC12. The Bertz CT molecular complexity index is 318. The van der Waals surface area contributed by atoms with Gasteiger partial charge in [-0.05, 0) is 66.6 Å². The van der Waals surface area contributed by atoms with Crippen molar-refractivity contribution in [3.05, 3.63) is 0 Å². The summed E-state index contributed by atoms with van der Waals surface area (Å²) in [6.45, 7) is 14.9. The fourth-order valence-electron chi connectivity index (χ4n) is 6.19. The normalized spacial score (nSPS) is 41.3. The molecule has 0 amide bonds. The fraction of sp³-hybridized carbons (Fsp3) is 1.00. The van der Waals surface area contributed by atoms with Gasteiger partial charge in [-0.2, -0.15) is 0 Å². The highest BCUT2D eigenvalue weighted by Gasteiger charge is 2.53. The molecule has 0 nitrogen and oxygen atoms in total. The largest absolute Gasteiger partial charge is 0.0651 e. The van der Waals surface area contributed by atoms with Gasteiger partial charge in [-0.1, -0.05) is 67.2 Å². The average molecular weight is 293 g/mol. The van der Waals surface area contributed by atoms with Crippen LogP contribution in [-0.4, -0.2) is 0 Å². The van der Waals surface area contributed by atoms with Crippen LogP contribution in [0.1, 0.15) is 92.9 Å². The quantitative estimate of drug-likeness (QED) is 0.497. The highest BCUT2D eigenvalue weighted by Crippen LogP contribution is 2.61. The molecular weight excluding hydrogens is 252 g/mol. The molecule has 2 rings (SSSR count). The molecule has 0 aromatic heterocycles. The van der Waals surface area contributed by atoms with Crippen LogP contribution < -0.4 is 0 Å². The molecule has 2 aliphatic rings. The second kappa shape index (κ2) is 7.05. The van der Waals surface area contributed by atoms with Gasteiger partial charge >= 0.3 is 0 Å². The minimum atomic E-state index is 0.671. The molecule has 124 valence electrons. The molecular formula is C21H40. The monoisotopic (exact) mass is 292 g/mol. The van der Waals surface area contributed by atoms with Gasteiger partial charge in [0.1, 0.15) is 0 Å². The third kappa shape index (κ3) is 3.50. The molecule has 0 N–H and O–H groups in total. The van der Waals surface area contributed by atoms with Gasteiger partial charge in [0.25, 0.3) is 0 Å². The molecule has 0 aliphatic heterocycles. The van der Waals surface area contributed by atoms with Crippen molar-refractivity contribution in [1.82, 2.24) is 0 Å². The Hall–Kier alpha value is 0. The molecule has 2 saturated carbocycles. The average Bonchev–Trinajstić information content (AvgIpc) is 2.76. The maximum atomic E-state index is 2.67. The Morgan fingerprint density at radius 3 is 2.38 bits per heavy atom. The second-order valence-corrected chi connectivity index (χ2v) is 9.19. The molecule has 2 aliphatic carbocycles. The van der Waals surface area contributed by atoms with Crippen LogP contribution in [0.3, 0.4) is 0 Å². The lowest BCUT2D eigenvalue weighted by Crippen LogP contribution is -2.42. The van der Waals surface area contributed by atoms with Crippen LogP contribution in [0.2, 0.25) is 0 Å². The Labute approximate surface area is 134 Å². The van der Waals surface area contributed by atoms with Gasteiger partial charge < -0.3 is 0 Å². The summed E-state index contributed by atoms with van der Waals surface area (Å²) >= 11 is 0. The fourth-order valence-corrected chi connectivity index (χ4v) is 6.19. The molecule has 6 atom stereocenters. The van der Waals surface area contributed by atoms with E-state index in [1.54, 1.807) is 0 Å². The third-order valence-electron chi connectivity index (χ3n) is 7.47. The molecule has 0 aromatic rings. The predicted octanol–water partition coefficient (Wildman–Crippen LogP) is 6.94. The lowest BCUT2D eigenvalue weighted by Gasteiger charge is -2.49. The van der Waals surface area contributed by atoms with Crippen LogP contribution >= 0.6 is 0 Å². The van der Waals surface area contributed by atoms with Crippen molar-refractivity contribution in [2.75, 3.05) is 0 Å². The van der Waals surface area contributed by atoms with Gasteiger partial charge in [0, 0.05) is 0 Å². The molecule has 0 aromatic carbocycles. The Kier molecular flexibility index (Phi) is 5.83. The number of fused-ring (bicyclic) bond motifs is 1. The van der Waals surface area contributed by atoms with Crippen molar-refractivity contribution < 1.29 is 0 Å². The lowest BCUT2D eigenvalue weighted by molar-refractivity contribution is -0.000766. The molecule has 0 bridgehead atoms. The van der Waals surface area contributed by atoms with Crippen LogP contribution in [0.15, 0.2) is 0 Å². The van der Waals surface area contributed by atoms with Crippen molar-refractivity contribution >= 4 is 0 Å². The molecule has 0 heterocycles. The van der Waals surface area contributed by atoms with Crippen LogP contribution in [0, 0.1) is 40.9 Å². The summed E-state index contributed by atoms with van der Waals surface area (Å²) in [5.41, 5.74) is 0.671. The molecule has 21 heavy (non-hydrogen) atoms. The van der Waals surface area contributed by atoms with Gasteiger partial charge in [-0.15, -0.1) is 0 Å². The van der Waals surface area contributed by atoms with Gasteiger partial charge in [-0.3, -0.25) is 0 Å². The maximum Gasteiger partial charge on any atom is -0.0264 e. The first kappa shape index (κ1) is 17.4. The molecule has 0 saturated heterocycles. The summed E-state index contributed by atoms with van der Waals surface area (Å²) < 4.78 is 0. The van der Waals surface area contributed by atoms with E-state index >= 15 is 0 Å². The summed E-state index contributed by atoms with van der Waals surface area (Å²) in [5, 5.41) is 0. The summed E-state index contributed by atoms with van der Waals surface area (Å²) in [6.07, 6.45) is 11.8. The predicted molar refractivity (Wildman–Crippen MR) is 94.4 cm³/mol. The Morgan fingerprint density at radius 2 is 1.76 bits per heavy atom. The highest BCUT2D eigenvalue weighted by molar-refractivity contribution is 5.02. The topological polar surface area (TPSA) is 0 Å². The number of hydrogen-bond acceptors (Lipinski definition) is 0. The van der Waals surface area contributed by atoms with Crippen LogP contribution in [0.4, 0.5) is 0 Å². The Morgan fingerprint density at radius 1 is 1.05 bits per heavy atom. The van der Waals surface area contributed by atoms with Gasteiger partial charge in [0.05, 0.1) is 0 Å². The first-order valence-corrected chi connectivity index (χ1v) is 9.90. The van der Waals surface area contributed by atoms with E-state index in [9.17, 15) is 0 Å². The molecule has 0 heteroatoms. The highest BCUT2D eigenvalue weighted by atomic mass is 14.6. The minimum Gasteiger partial charge on any atom is -0.0651 e. The third-order valence-corrected chi connectivity index (χ3v) is 7.47. The van der Waals surface area contributed by atoms with E-state index in [0.717, 1.165) is 35.5 Å². The van der Waals surface area contributed by atoms with E-state index in [2.05, 4.69) is 41.5 Å². The van der Waals surface area contributed by atoms with Crippen LogP contribution in [0.25, 0.3) is 0 Å². The summed E-state index contributed by atoms with van der Waals surface area (Å²) in [4.78, 5) is 0. The number of hydrogen-bond donors (Lipinski definition) is 0. The van der Waals surface area contributed by atoms with Gasteiger partial charge in [0.2, 0.25) is 0 Å². The van der Waals surface area contributed by atoms with Gasteiger partial charge in [-0.25, -0.2) is 0 Å². The molecule has 6 unspecified atom stereocenters. The first-order valence-electron chi connectivity index (χ1n) is 9.90. The zero-order valence-electron chi connectivity index (χ0n) is 15.6. The molecule has 2 fully saturated rings. The maximum absolute atomic E-state index is 2.67. The van der Waals surface area contributed by atoms with Crippen molar-refractivity contribution in [2.45, 2.75) is 92.9 Å². The standard InChI is InChI=1S/C21H40/c1-7-18-16(4)13-14-21(6)19(11-12-20(18)21)17(5)10-8-9-15(2)3/h15-20H,7-14H2,1-6H3.